The Morgan fingerprint density at radius 3 is 2.48 bits per heavy atom. The number of amides is 1. The van der Waals surface area contributed by atoms with Crippen molar-refractivity contribution in [2.45, 2.75) is 27.3 Å². The van der Waals surface area contributed by atoms with Gasteiger partial charge >= 0.3 is 0 Å². The summed E-state index contributed by atoms with van der Waals surface area (Å²) in [5.41, 5.74) is 3.96. The molecule has 0 aliphatic rings. The Bertz CT molecular complexity index is 1080. The molecule has 2 aromatic carbocycles. The Morgan fingerprint density at radius 2 is 1.77 bits per heavy atom. The van der Waals surface area contributed by atoms with Crippen LogP contribution < -0.4 is 14.2 Å². The van der Waals surface area contributed by atoms with Crippen molar-refractivity contribution in [1.82, 2.24) is 15.0 Å². The van der Waals surface area contributed by atoms with Crippen molar-refractivity contribution in [3.63, 3.8) is 0 Å². The van der Waals surface area contributed by atoms with Crippen molar-refractivity contribution in [1.29, 1.82) is 0 Å². The summed E-state index contributed by atoms with van der Waals surface area (Å²) >= 11 is 0. The van der Waals surface area contributed by atoms with Crippen LogP contribution in [-0.4, -0.2) is 48.8 Å². The van der Waals surface area contributed by atoms with Gasteiger partial charge < -0.3 is 23.6 Å². The summed E-state index contributed by atoms with van der Waals surface area (Å²) in [4.78, 5) is 18.4. The third kappa shape index (κ3) is 5.14. The number of carbonyl (C=O) groups is 1. The quantitative estimate of drug-likeness (QED) is 0.544. The smallest absolute Gasteiger partial charge is 0.260 e. The highest BCUT2D eigenvalue weighted by molar-refractivity contribution is 5.77. The van der Waals surface area contributed by atoms with Gasteiger partial charge in [0.1, 0.15) is 5.75 Å². The number of hydrogen-bond donors (Lipinski definition) is 0. The maximum Gasteiger partial charge on any atom is 0.260 e. The van der Waals surface area contributed by atoms with E-state index in [9.17, 15) is 4.79 Å². The molecule has 0 saturated carbocycles. The second-order valence-corrected chi connectivity index (χ2v) is 7.32. The van der Waals surface area contributed by atoms with Gasteiger partial charge in [0.2, 0.25) is 11.7 Å². The summed E-state index contributed by atoms with van der Waals surface area (Å²) in [5.74, 6) is 2.43. The third-order valence-corrected chi connectivity index (χ3v) is 5.02. The fraction of sp³-hybridized carbons (Fsp3) is 0.348. The van der Waals surface area contributed by atoms with E-state index in [0.29, 0.717) is 29.0 Å². The number of likely N-dealkylation sites (N-methyl/N-ethyl adjacent to an activating group) is 1. The number of benzene rings is 2. The fourth-order valence-corrected chi connectivity index (χ4v) is 3.10. The molecule has 0 bridgehead atoms. The van der Waals surface area contributed by atoms with Crippen LogP contribution in [0.15, 0.2) is 34.9 Å². The zero-order valence-electron chi connectivity index (χ0n) is 18.7. The highest BCUT2D eigenvalue weighted by Crippen LogP contribution is 2.31. The van der Waals surface area contributed by atoms with Gasteiger partial charge in [-0.1, -0.05) is 11.2 Å². The summed E-state index contributed by atoms with van der Waals surface area (Å²) < 4.78 is 21.6. The SMILES string of the molecule is COc1ccc(-c2noc(CN(C)C(=O)COc3cc(C)cc(C)c3C)n2)cc1OC. The lowest BCUT2D eigenvalue weighted by molar-refractivity contribution is -0.132. The van der Waals surface area contributed by atoms with Crippen LogP contribution >= 0.6 is 0 Å². The van der Waals surface area contributed by atoms with Gasteiger partial charge in [0.25, 0.3) is 5.91 Å². The molecule has 1 heterocycles. The molecular formula is C23H27N3O5. The van der Waals surface area contributed by atoms with Gasteiger partial charge in [-0.2, -0.15) is 4.98 Å². The highest BCUT2D eigenvalue weighted by atomic mass is 16.5. The number of hydrogen-bond acceptors (Lipinski definition) is 7. The molecule has 31 heavy (non-hydrogen) atoms. The average molecular weight is 425 g/mol. The predicted octanol–water partition coefficient (Wildman–Crippen LogP) is 3.72. The Balaban J connectivity index is 1.63. The predicted molar refractivity (Wildman–Crippen MR) is 115 cm³/mol. The minimum Gasteiger partial charge on any atom is -0.493 e. The molecule has 0 atom stereocenters. The number of nitrogens with zero attached hydrogens (tertiary/aromatic N) is 3. The van der Waals surface area contributed by atoms with Gasteiger partial charge in [-0.05, 0) is 61.7 Å². The lowest BCUT2D eigenvalue weighted by atomic mass is 10.1. The van der Waals surface area contributed by atoms with Crippen LogP contribution in [-0.2, 0) is 11.3 Å². The molecule has 8 nitrogen and oxygen atoms in total. The summed E-state index contributed by atoms with van der Waals surface area (Å²) in [6.45, 7) is 6.10. The molecule has 0 unspecified atom stereocenters. The molecule has 1 amide bonds. The molecule has 0 fully saturated rings. The highest BCUT2D eigenvalue weighted by Gasteiger charge is 2.17. The second kappa shape index (κ2) is 9.51. The molecule has 0 radical (unpaired) electrons. The Morgan fingerprint density at radius 1 is 1.03 bits per heavy atom. The van der Waals surface area contributed by atoms with E-state index in [2.05, 4.69) is 16.2 Å². The van der Waals surface area contributed by atoms with Gasteiger partial charge in [0.05, 0.1) is 20.8 Å². The first-order chi connectivity index (χ1) is 14.8. The zero-order valence-corrected chi connectivity index (χ0v) is 18.7. The number of carbonyl (C=O) groups excluding carboxylic acids is 1. The van der Waals surface area contributed by atoms with Gasteiger partial charge in [0, 0.05) is 12.6 Å². The van der Waals surface area contributed by atoms with E-state index in [4.69, 9.17) is 18.7 Å². The van der Waals surface area contributed by atoms with Gasteiger partial charge in [0.15, 0.2) is 18.1 Å². The first kappa shape index (κ1) is 22.1. The number of methoxy groups -OCH3 is 2. The van der Waals surface area contributed by atoms with Crippen LogP contribution in [0.3, 0.4) is 0 Å². The molecule has 3 rings (SSSR count). The molecule has 0 N–H and O–H groups in total. The maximum atomic E-state index is 12.5. The Labute approximate surface area is 181 Å². The molecule has 164 valence electrons. The number of ether oxygens (including phenoxy) is 3. The topological polar surface area (TPSA) is 86.9 Å². The van der Waals surface area contributed by atoms with E-state index in [-0.39, 0.29) is 19.1 Å². The normalized spacial score (nSPS) is 10.6. The Hall–Kier alpha value is -3.55. The lowest BCUT2D eigenvalue weighted by Crippen LogP contribution is -2.31. The molecule has 0 aliphatic heterocycles. The number of aryl methyl sites for hydroxylation is 2. The van der Waals surface area contributed by atoms with Crippen LogP contribution in [0.25, 0.3) is 11.4 Å². The van der Waals surface area contributed by atoms with E-state index in [0.717, 1.165) is 22.3 Å². The number of aromatic nitrogens is 2. The van der Waals surface area contributed by atoms with E-state index >= 15 is 0 Å². The maximum absolute atomic E-state index is 12.5. The van der Waals surface area contributed by atoms with Crippen LogP contribution in [0.2, 0.25) is 0 Å². The standard InChI is InChI=1S/C23H27N3O5/c1-14-9-15(2)16(3)19(10-14)30-13-22(27)26(4)12-21-24-23(25-31-21)17-7-8-18(28-5)20(11-17)29-6/h7-11H,12-13H2,1-6H3. The molecule has 0 aliphatic carbocycles. The van der Waals surface area contributed by atoms with Crippen LogP contribution in [0.5, 0.6) is 17.2 Å². The van der Waals surface area contributed by atoms with E-state index in [1.54, 1.807) is 33.4 Å². The van der Waals surface area contributed by atoms with Crippen molar-refractivity contribution in [2.24, 2.45) is 0 Å². The summed E-state index contributed by atoms with van der Waals surface area (Å²) in [5, 5.41) is 4.00. The third-order valence-electron chi connectivity index (χ3n) is 5.02. The fourth-order valence-electron chi connectivity index (χ4n) is 3.10. The van der Waals surface area contributed by atoms with E-state index in [1.807, 2.05) is 32.9 Å². The van der Waals surface area contributed by atoms with Crippen molar-refractivity contribution in [2.75, 3.05) is 27.9 Å². The molecule has 3 aromatic rings. The van der Waals surface area contributed by atoms with E-state index in [1.165, 1.54) is 4.90 Å². The minimum absolute atomic E-state index is 0.0725. The zero-order chi connectivity index (χ0) is 22.5. The minimum atomic E-state index is -0.190. The number of rotatable bonds is 8. The monoisotopic (exact) mass is 425 g/mol. The van der Waals surface area contributed by atoms with Gasteiger partial charge in [-0.3, -0.25) is 4.79 Å². The molecule has 1 aromatic heterocycles. The van der Waals surface area contributed by atoms with Crippen LogP contribution in [0, 0.1) is 20.8 Å². The summed E-state index contributed by atoms with van der Waals surface area (Å²) in [6, 6.07) is 9.37. The first-order valence-electron chi connectivity index (χ1n) is 9.82. The molecule has 8 heteroatoms. The van der Waals surface area contributed by atoms with Crippen LogP contribution in [0.4, 0.5) is 0 Å². The second-order valence-electron chi connectivity index (χ2n) is 7.32. The van der Waals surface area contributed by atoms with Gasteiger partial charge in [-0.15, -0.1) is 0 Å². The van der Waals surface area contributed by atoms with Crippen molar-refractivity contribution < 1.29 is 23.5 Å². The molecule has 0 spiro atoms. The summed E-state index contributed by atoms with van der Waals surface area (Å²) in [6.07, 6.45) is 0. The average Bonchev–Trinajstić information content (AvgIpc) is 3.22. The molecular weight excluding hydrogens is 398 g/mol. The van der Waals surface area contributed by atoms with E-state index < -0.39 is 0 Å². The van der Waals surface area contributed by atoms with Crippen molar-refractivity contribution in [3.05, 3.63) is 52.9 Å². The van der Waals surface area contributed by atoms with Gasteiger partial charge in [-0.25, -0.2) is 0 Å². The largest absolute Gasteiger partial charge is 0.493 e. The molecule has 0 saturated heterocycles. The first-order valence-corrected chi connectivity index (χ1v) is 9.82. The lowest BCUT2D eigenvalue weighted by Gasteiger charge is -2.17. The summed E-state index contributed by atoms with van der Waals surface area (Å²) in [7, 11) is 4.80. The van der Waals surface area contributed by atoms with Crippen molar-refractivity contribution >= 4 is 5.91 Å². The Kier molecular flexibility index (Phi) is 6.79. The van der Waals surface area contributed by atoms with Crippen LogP contribution in [0.1, 0.15) is 22.6 Å². The van der Waals surface area contributed by atoms with Crippen molar-refractivity contribution in [3.8, 4) is 28.6 Å².